The summed E-state index contributed by atoms with van der Waals surface area (Å²) in [5, 5.41) is 18.2. The number of nitriles is 1. The largest absolute Gasteiger partial charge is 0.462 e. The number of fused-ring (bicyclic) bond motifs is 1. The van der Waals surface area contributed by atoms with Crippen molar-refractivity contribution < 1.29 is 19.1 Å². The number of amides is 2. The highest BCUT2D eigenvalue weighted by molar-refractivity contribution is 8.03. The summed E-state index contributed by atoms with van der Waals surface area (Å²) in [5.74, 6) is -1.18. The van der Waals surface area contributed by atoms with Gasteiger partial charge in [-0.3, -0.25) is 9.59 Å². The number of carbonyl (C=O) groups excluding carboxylic acids is 3. The lowest BCUT2D eigenvalue weighted by atomic mass is 9.93. The van der Waals surface area contributed by atoms with Crippen LogP contribution >= 0.6 is 34.4 Å². The molecule has 2 aliphatic rings. The van der Waals surface area contributed by atoms with Crippen LogP contribution in [0.25, 0.3) is 0 Å². The number of aryl methyl sites for hydroxylation is 1. The molecule has 1 aliphatic heterocycles. The molecule has 10 heteroatoms. The topological polar surface area (TPSA) is 108 Å². The molecule has 7 nitrogen and oxygen atoms in total. The molecule has 0 saturated carbocycles. The molecule has 33 heavy (non-hydrogen) atoms. The van der Waals surface area contributed by atoms with Gasteiger partial charge in [0, 0.05) is 22.1 Å². The van der Waals surface area contributed by atoms with Crippen LogP contribution in [0.2, 0.25) is 0 Å². The number of thiophene rings is 2. The van der Waals surface area contributed by atoms with Gasteiger partial charge in [0.1, 0.15) is 5.00 Å². The summed E-state index contributed by atoms with van der Waals surface area (Å²) in [6.07, 6.45) is 3.98. The highest BCUT2D eigenvalue weighted by Gasteiger charge is 2.31. The Bertz CT molecular complexity index is 1140. The molecule has 2 aromatic rings. The van der Waals surface area contributed by atoms with Gasteiger partial charge in [-0.15, -0.1) is 22.7 Å². The molecule has 2 amide bonds. The van der Waals surface area contributed by atoms with Gasteiger partial charge < -0.3 is 15.4 Å². The number of hydrogen-bond donors (Lipinski definition) is 2. The number of rotatable bonds is 7. The molecule has 0 bridgehead atoms. The van der Waals surface area contributed by atoms with Crippen molar-refractivity contribution in [1.29, 1.82) is 5.26 Å². The summed E-state index contributed by atoms with van der Waals surface area (Å²) in [6, 6.07) is 6.02. The third kappa shape index (κ3) is 5.16. The van der Waals surface area contributed by atoms with E-state index in [0.29, 0.717) is 21.2 Å². The van der Waals surface area contributed by atoms with E-state index in [-0.39, 0.29) is 36.5 Å². The summed E-state index contributed by atoms with van der Waals surface area (Å²) in [7, 11) is 0. The first-order valence-electron chi connectivity index (χ1n) is 10.7. The maximum Gasteiger partial charge on any atom is 0.341 e. The summed E-state index contributed by atoms with van der Waals surface area (Å²) in [6.45, 7) is 2.02. The lowest BCUT2D eigenvalue weighted by Crippen LogP contribution is -2.31. The maximum absolute atomic E-state index is 12.8. The quantitative estimate of drug-likeness (QED) is 0.538. The van der Waals surface area contributed by atoms with Crippen LogP contribution in [-0.4, -0.2) is 30.1 Å². The van der Waals surface area contributed by atoms with Crippen LogP contribution in [0.1, 0.15) is 57.8 Å². The van der Waals surface area contributed by atoms with Crippen LogP contribution in [0.4, 0.5) is 5.00 Å². The first-order valence-corrected chi connectivity index (χ1v) is 13.4. The predicted octanol–water partition coefficient (Wildman–Crippen LogP) is 4.58. The lowest BCUT2D eigenvalue weighted by Gasteiger charge is -2.23. The summed E-state index contributed by atoms with van der Waals surface area (Å²) >= 11 is 4.07. The van der Waals surface area contributed by atoms with Crippen LogP contribution < -0.4 is 10.6 Å². The number of hydrogen-bond acceptors (Lipinski definition) is 8. The predicted molar refractivity (Wildman–Crippen MR) is 130 cm³/mol. The second-order valence-electron chi connectivity index (χ2n) is 7.65. The van der Waals surface area contributed by atoms with Gasteiger partial charge in [0.15, 0.2) is 0 Å². The van der Waals surface area contributed by atoms with Gasteiger partial charge >= 0.3 is 5.97 Å². The van der Waals surface area contributed by atoms with E-state index >= 15 is 0 Å². The molecule has 4 rings (SSSR count). The number of nitrogens with zero attached hydrogens (tertiary/aromatic N) is 1. The third-order valence-electron chi connectivity index (χ3n) is 5.49. The summed E-state index contributed by atoms with van der Waals surface area (Å²) in [5.41, 5.74) is 1.92. The average molecular weight is 502 g/mol. The number of anilines is 1. The number of carbonyl (C=O) groups is 3. The number of thioether (sulfide) groups is 1. The number of ether oxygens (including phenoxy) is 1. The molecule has 2 N–H and O–H groups in total. The minimum Gasteiger partial charge on any atom is -0.462 e. The van der Waals surface area contributed by atoms with Crippen molar-refractivity contribution in [3.05, 3.63) is 49.0 Å². The van der Waals surface area contributed by atoms with Gasteiger partial charge in [-0.25, -0.2) is 4.79 Å². The second-order valence-corrected chi connectivity index (χ2v) is 10.7. The number of allylic oxidation sites excluding steroid dienone is 1. The Kier molecular flexibility index (Phi) is 7.53. The molecule has 1 atom stereocenters. The van der Waals surface area contributed by atoms with Crippen molar-refractivity contribution in [2.24, 2.45) is 0 Å². The molecule has 0 aromatic carbocycles. The van der Waals surface area contributed by atoms with Crippen molar-refractivity contribution in [2.45, 2.75) is 44.9 Å². The van der Waals surface area contributed by atoms with E-state index in [1.807, 2.05) is 17.5 Å². The fourth-order valence-corrected chi connectivity index (χ4v) is 7.05. The summed E-state index contributed by atoms with van der Waals surface area (Å²) in [4.78, 5) is 39.7. The molecule has 1 aliphatic carbocycles. The van der Waals surface area contributed by atoms with E-state index in [1.54, 1.807) is 6.92 Å². The van der Waals surface area contributed by atoms with Gasteiger partial charge in [0.25, 0.3) is 0 Å². The zero-order chi connectivity index (χ0) is 23.4. The van der Waals surface area contributed by atoms with Crippen LogP contribution in [0.3, 0.4) is 0 Å². The first-order chi connectivity index (χ1) is 16.0. The van der Waals surface area contributed by atoms with Gasteiger partial charge in [0.2, 0.25) is 11.8 Å². The smallest absolute Gasteiger partial charge is 0.341 e. The molecule has 0 saturated heterocycles. The zero-order valence-corrected chi connectivity index (χ0v) is 20.5. The Hall–Kier alpha value is -2.61. The molecular formula is C23H23N3O4S3. The van der Waals surface area contributed by atoms with Gasteiger partial charge in [0.05, 0.1) is 34.6 Å². The molecule has 2 aromatic heterocycles. The van der Waals surface area contributed by atoms with Crippen molar-refractivity contribution >= 4 is 57.2 Å². The van der Waals surface area contributed by atoms with Crippen LogP contribution in [0.5, 0.6) is 0 Å². The highest BCUT2D eigenvalue weighted by Crippen LogP contribution is 2.40. The highest BCUT2D eigenvalue weighted by atomic mass is 32.2. The molecule has 172 valence electrons. The Balaban J connectivity index is 1.50. The normalized spacial score (nSPS) is 17.7. The van der Waals surface area contributed by atoms with Crippen molar-refractivity contribution in [3.8, 4) is 6.07 Å². The molecule has 3 heterocycles. The fourth-order valence-electron chi connectivity index (χ4n) is 4.04. The first kappa shape index (κ1) is 23.5. The number of esters is 1. The molecular weight excluding hydrogens is 478 g/mol. The minimum absolute atomic E-state index is 0.00276. The number of nitrogens with one attached hydrogen (secondary N) is 2. The second kappa shape index (κ2) is 10.5. The van der Waals surface area contributed by atoms with Crippen molar-refractivity contribution in [2.75, 3.05) is 17.7 Å². The van der Waals surface area contributed by atoms with Gasteiger partial charge in [-0.05, 0) is 49.6 Å². The van der Waals surface area contributed by atoms with E-state index in [2.05, 4.69) is 16.7 Å². The molecule has 0 spiro atoms. The Morgan fingerprint density at radius 3 is 2.91 bits per heavy atom. The van der Waals surface area contributed by atoms with Gasteiger partial charge in [-0.2, -0.15) is 5.26 Å². The van der Waals surface area contributed by atoms with E-state index < -0.39 is 5.97 Å². The SMILES string of the molecule is CCOC(=O)c1c(NC(=O)CSC2=C(C#N)[C@H](c3cccs3)CC(=O)N2)sc2c1CCCC2. The van der Waals surface area contributed by atoms with E-state index in [4.69, 9.17) is 4.74 Å². The minimum atomic E-state index is -0.410. The van der Waals surface area contributed by atoms with Crippen LogP contribution in [-0.2, 0) is 27.2 Å². The molecule has 0 fully saturated rings. The Morgan fingerprint density at radius 1 is 1.36 bits per heavy atom. The van der Waals surface area contributed by atoms with E-state index in [0.717, 1.165) is 52.8 Å². The van der Waals surface area contributed by atoms with Crippen LogP contribution in [0.15, 0.2) is 28.1 Å². The van der Waals surface area contributed by atoms with Crippen LogP contribution in [0, 0.1) is 11.3 Å². The van der Waals surface area contributed by atoms with Crippen molar-refractivity contribution in [1.82, 2.24) is 5.32 Å². The Morgan fingerprint density at radius 2 is 2.18 bits per heavy atom. The van der Waals surface area contributed by atoms with Crippen molar-refractivity contribution in [3.63, 3.8) is 0 Å². The molecule has 0 radical (unpaired) electrons. The van der Waals surface area contributed by atoms with E-state index in [1.165, 1.54) is 22.7 Å². The van der Waals surface area contributed by atoms with E-state index in [9.17, 15) is 19.6 Å². The maximum atomic E-state index is 12.8. The third-order valence-corrected chi connectivity index (χ3v) is 8.70. The average Bonchev–Trinajstić information content (AvgIpc) is 3.45. The molecule has 0 unspecified atom stereocenters. The van der Waals surface area contributed by atoms with Gasteiger partial charge in [-0.1, -0.05) is 17.8 Å². The Labute approximate surface area is 204 Å². The fraction of sp³-hybridized carbons (Fsp3) is 0.391. The lowest BCUT2D eigenvalue weighted by molar-refractivity contribution is -0.121. The zero-order valence-electron chi connectivity index (χ0n) is 18.1. The summed E-state index contributed by atoms with van der Waals surface area (Å²) < 4.78 is 5.24. The standard InChI is InChI=1S/C23H23N3O4S3/c1-2-30-23(29)20-13-6-3-4-7-17(13)33-22(20)26-19(28)12-32-21-15(11-24)14(10-18(27)25-21)16-8-5-9-31-16/h5,8-9,14H,2-4,6-7,10,12H2,1H3,(H,25,27)(H,26,28)/t14-/m1/s1. The monoisotopic (exact) mass is 501 g/mol.